The minimum absolute atomic E-state index is 0.0608. The highest BCUT2D eigenvalue weighted by atomic mass is 31.2. The standard InChI is InChI=1S/C21H35O6P/c1-6-10-11-17(7-2)15-25-21-12-18(14-22)20(24-5)13-19(21)16-28(23,26-8-3)27-9-4/h12-14,17H,6-11,15-16H2,1-5H3. The molecule has 28 heavy (non-hydrogen) atoms. The zero-order valence-corrected chi connectivity index (χ0v) is 18.8. The van der Waals surface area contributed by atoms with Crippen LogP contribution in [0.25, 0.3) is 0 Å². The highest BCUT2D eigenvalue weighted by Gasteiger charge is 2.27. The Labute approximate surface area is 169 Å². The first-order valence-electron chi connectivity index (χ1n) is 10.1. The summed E-state index contributed by atoms with van der Waals surface area (Å²) in [6.45, 7) is 8.98. The molecular formula is C21H35O6P. The summed E-state index contributed by atoms with van der Waals surface area (Å²) in [6, 6.07) is 3.34. The van der Waals surface area contributed by atoms with Gasteiger partial charge in [0, 0.05) is 5.56 Å². The fraction of sp³-hybridized carbons (Fsp3) is 0.667. The average Bonchev–Trinajstić information content (AvgIpc) is 2.68. The van der Waals surface area contributed by atoms with E-state index in [1.807, 2.05) is 0 Å². The van der Waals surface area contributed by atoms with Gasteiger partial charge >= 0.3 is 7.60 Å². The third kappa shape index (κ3) is 7.57. The van der Waals surface area contributed by atoms with Gasteiger partial charge in [-0.2, -0.15) is 0 Å². The smallest absolute Gasteiger partial charge is 0.335 e. The Morgan fingerprint density at radius 1 is 1.07 bits per heavy atom. The van der Waals surface area contributed by atoms with Crippen LogP contribution in [-0.2, 0) is 19.8 Å². The van der Waals surface area contributed by atoms with Gasteiger partial charge in [-0.05, 0) is 38.3 Å². The summed E-state index contributed by atoms with van der Waals surface area (Å²) in [5, 5.41) is 0. The Hall–Kier alpha value is -1.36. The summed E-state index contributed by atoms with van der Waals surface area (Å²) in [6.07, 6.45) is 5.20. The minimum Gasteiger partial charge on any atom is -0.496 e. The number of ether oxygens (including phenoxy) is 2. The maximum absolute atomic E-state index is 13.0. The van der Waals surface area contributed by atoms with E-state index >= 15 is 0 Å². The number of benzene rings is 1. The summed E-state index contributed by atoms with van der Waals surface area (Å²) < 4.78 is 35.3. The molecule has 0 amide bonds. The molecule has 7 heteroatoms. The Bertz CT molecular complexity index is 636. The van der Waals surface area contributed by atoms with Gasteiger partial charge in [-0.25, -0.2) is 0 Å². The molecule has 160 valence electrons. The molecule has 1 unspecified atom stereocenters. The predicted molar refractivity (Wildman–Crippen MR) is 112 cm³/mol. The molecule has 0 saturated heterocycles. The normalized spacial score (nSPS) is 12.6. The van der Waals surface area contributed by atoms with Gasteiger partial charge in [-0.3, -0.25) is 9.36 Å². The molecule has 0 bridgehead atoms. The van der Waals surface area contributed by atoms with Crippen molar-refractivity contribution in [2.24, 2.45) is 5.92 Å². The van der Waals surface area contributed by atoms with E-state index in [1.54, 1.807) is 26.0 Å². The highest BCUT2D eigenvalue weighted by molar-refractivity contribution is 7.53. The molecule has 1 aromatic carbocycles. The second kappa shape index (κ2) is 13.0. The minimum atomic E-state index is -3.32. The topological polar surface area (TPSA) is 71.1 Å². The predicted octanol–water partition coefficient (Wildman–Crippen LogP) is 5.87. The maximum atomic E-state index is 13.0. The molecule has 1 rings (SSSR count). The Morgan fingerprint density at radius 2 is 1.75 bits per heavy atom. The molecule has 0 N–H and O–H groups in total. The molecule has 0 aliphatic carbocycles. The van der Waals surface area contributed by atoms with E-state index in [0.29, 0.717) is 35.2 Å². The van der Waals surface area contributed by atoms with E-state index in [0.717, 1.165) is 32.0 Å². The Balaban J connectivity index is 3.17. The number of carbonyl (C=O) groups excluding carboxylic acids is 1. The maximum Gasteiger partial charge on any atom is 0.335 e. The molecule has 1 atom stereocenters. The lowest BCUT2D eigenvalue weighted by molar-refractivity contribution is 0.112. The van der Waals surface area contributed by atoms with Crippen LogP contribution >= 0.6 is 7.60 Å². The van der Waals surface area contributed by atoms with Gasteiger partial charge < -0.3 is 18.5 Å². The molecular weight excluding hydrogens is 379 g/mol. The van der Waals surface area contributed by atoms with Gasteiger partial charge in [-0.1, -0.05) is 33.1 Å². The number of aldehydes is 1. The summed E-state index contributed by atoms with van der Waals surface area (Å²) in [7, 11) is -1.82. The van der Waals surface area contributed by atoms with Gasteiger partial charge in [0.2, 0.25) is 0 Å². The van der Waals surface area contributed by atoms with E-state index in [1.165, 1.54) is 7.11 Å². The SMILES string of the molecule is CCCCC(CC)COc1cc(C=O)c(OC)cc1CP(=O)(OCC)OCC. The van der Waals surface area contributed by atoms with Gasteiger partial charge in [0.05, 0.1) is 38.7 Å². The molecule has 0 aliphatic rings. The zero-order valence-electron chi connectivity index (χ0n) is 17.9. The van der Waals surface area contributed by atoms with Crippen LogP contribution in [0.15, 0.2) is 12.1 Å². The third-order valence-electron chi connectivity index (χ3n) is 4.57. The zero-order chi connectivity index (χ0) is 21.0. The van der Waals surface area contributed by atoms with Crippen LogP contribution in [0.3, 0.4) is 0 Å². The van der Waals surface area contributed by atoms with Gasteiger partial charge in [-0.15, -0.1) is 0 Å². The van der Waals surface area contributed by atoms with Crippen LogP contribution in [0.2, 0.25) is 0 Å². The van der Waals surface area contributed by atoms with Crippen LogP contribution in [0.4, 0.5) is 0 Å². The third-order valence-corrected chi connectivity index (χ3v) is 6.60. The van der Waals surface area contributed by atoms with E-state index in [-0.39, 0.29) is 19.4 Å². The van der Waals surface area contributed by atoms with Crippen molar-refractivity contribution in [3.05, 3.63) is 23.3 Å². The van der Waals surface area contributed by atoms with Crippen molar-refractivity contribution in [2.75, 3.05) is 26.9 Å². The van der Waals surface area contributed by atoms with Crippen molar-refractivity contribution >= 4 is 13.9 Å². The highest BCUT2D eigenvalue weighted by Crippen LogP contribution is 2.53. The number of unbranched alkanes of at least 4 members (excludes halogenated alkanes) is 1. The summed E-state index contributed by atoms with van der Waals surface area (Å²) in [4.78, 5) is 11.4. The molecule has 0 aromatic heterocycles. The lowest BCUT2D eigenvalue weighted by Crippen LogP contribution is -2.13. The number of hydrogen-bond donors (Lipinski definition) is 0. The lowest BCUT2D eigenvalue weighted by atomic mass is 10.0. The first kappa shape index (κ1) is 24.7. The van der Waals surface area contributed by atoms with Crippen LogP contribution in [0, 0.1) is 5.92 Å². The van der Waals surface area contributed by atoms with E-state index < -0.39 is 7.60 Å². The number of methoxy groups -OCH3 is 1. The summed E-state index contributed by atoms with van der Waals surface area (Å²) in [5.41, 5.74) is 1.04. The first-order valence-corrected chi connectivity index (χ1v) is 11.9. The monoisotopic (exact) mass is 414 g/mol. The molecule has 0 aliphatic heterocycles. The molecule has 0 saturated carbocycles. The fourth-order valence-corrected chi connectivity index (χ4v) is 4.69. The van der Waals surface area contributed by atoms with Crippen molar-refractivity contribution in [2.45, 2.75) is 59.5 Å². The van der Waals surface area contributed by atoms with Crippen molar-refractivity contribution in [3.63, 3.8) is 0 Å². The van der Waals surface area contributed by atoms with Crippen LogP contribution in [0.5, 0.6) is 11.5 Å². The number of carbonyl (C=O) groups is 1. The van der Waals surface area contributed by atoms with Crippen LogP contribution in [-0.4, -0.2) is 33.2 Å². The van der Waals surface area contributed by atoms with Crippen molar-refractivity contribution in [1.82, 2.24) is 0 Å². The number of rotatable bonds is 15. The molecule has 6 nitrogen and oxygen atoms in total. The lowest BCUT2D eigenvalue weighted by Gasteiger charge is -2.21. The van der Waals surface area contributed by atoms with Crippen LogP contribution in [0.1, 0.15) is 69.3 Å². The average molecular weight is 414 g/mol. The molecule has 0 spiro atoms. The summed E-state index contributed by atoms with van der Waals surface area (Å²) >= 11 is 0. The number of hydrogen-bond acceptors (Lipinski definition) is 6. The van der Waals surface area contributed by atoms with E-state index in [4.69, 9.17) is 18.5 Å². The summed E-state index contributed by atoms with van der Waals surface area (Å²) in [5.74, 6) is 1.37. The van der Waals surface area contributed by atoms with E-state index in [9.17, 15) is 9.36 Å². The van der Waals surface area contributed by atoms with E-state index in [2.05, 4.69) is 13.8 Å². The van der Waals surface area contributed by atoms with Gasteiger partial charge in [0.15, 0.2) is 6.29 Å². The van der Waals surface area contributed by atoms with Crippen molar-refractivity contribution in [3.8, 4) is 11.5 Å². The van der Waals surface area contributed by atoms with Gasteiger partial charge in [0.1, 0.15) is 11.5 Å². The Morgan fingerprint density at radius 3 is 2.25 bits per heavy atom. The fourth-order valence-electron chi connectivity index (χ4n) is 2.98. The van der Waals surface area contributed by atoms with Crippen molar-refractivity contribution < 1.29 is 27.9 Å². The largest absolute Gasteiger partial charge is 0.496 e. The quantitative estimate of drug-likeness (QED) is 0.264. The molecule has 0 fully saturated rings. The molecule has 1 aromatic rings. The second-order valence-electron chi connectivity index (χ2n) is 6.65. The van der Waals surface area contributed by atoms with Crippen LogP contribution < -0.4 is 9.47 Å². The molecule has 0 radical (unpaired) electrons. The second-order valence-corrected chi connectivity index (χ2v) is 8.71. The Kier molecular flexibility index (Phi) is 11.4. The molecule has 0 heterocycles. The van der Waals surface area contributed by atoms with Crippen molar-refractivity contribution in [1.29, 1.82) is 0 Å². The first-order chi connectivity index (χ1) is 13.5. The van der Waals surface area contributed by atoms with Gasteiger partial charge in [0.25, 0.3) is 0 Å².